The molecule has 0 saturated carbocycles. The van der Waals surface area contributed by atoms with Crippen molar-refractivity contribution in [2.75, 3.05) is 13.1 Å². The van der Waals surface area contributed by atoms with Crippen molar-refractivity contribution in [1.29, 1.82) is 0 Å². The largest absolute Gasteiger partial charge is 0.286 e. The number of rotatable bonds is 6. The molecule has 1 aromatic rings. The molecule has 1 nitrogen and oxygen atoms in total. The van der Waals surface area contributed by atoms with Gasteiger partial charge in [-0.25, -0.2) is 0 Å². The smallest absolute Gasteiger partial charge is 0.0744 e. The number of hydrogen-bond acceptors (Lipinski definition) is 1. The molecule has 1 rings (SSSR count). The molecule has 1 aromatic carbocycles. The van der Waals surface area contributed by atoms with Crippen molar-refractivity contribution < 1.29 is 0 Å². The fourth-order valence-corrected chi connectivity index (χ4v) is 2.37. The summed E-state index contributed by atoms with van der Waals surface area (Å²) >= 11 is 0. The summed E-state index contributed by atoms with van der Waals surface area (Å²) in [5.74, 6) is 8.00. The number of benzene rings is 1. The molecule has 0 aliphatic rings. The quantitative estimate of drug-likeness (QED) is 0.545. The highest BCUT2D eigenvalue weighted by Gasteiger charge is 2.19. The molecule has 0 radical (unpaired) electrons. The second-order valence-electron chi connectivity index (χ2n) is 6.24. The van der Waals surface area contributed by atoms with Crippen molar-refractivity contribution in [1.82, 2.24) is 4.90 Å². The highest BCUT2D eigenvalue weighted by molar-refractivity contribution is 5.35. The van der Waals surface area contributed by atoms with Gasteiger partial charge in [-0.1, -0.05) is 69.9 Å². The Morgan fingerprint density at radius 1 is 1.10 bits per heavy atom. The maximum atomic E-state index is 3.49. The minimum Gasteiger partial charge on any atom is -0.286 e. The van der Waals surface area contributed by atoms with E-state index in [1.165, 1.54) is 0 Å². The molecule has 0 amide bonds. The summed E-state index contributed by atoms with van der Waals surface area (Å²) in [5, 5.41) is 0. The topological polar surface area (TPSA) is 3.24 Å². The van der Waals surface area contributed by atoms with E-state index < -0.39 is 0 Å². The van der Waals surface area contributed by atoms with Crippen LogP contribution in [0.5, 0.6) is 0 Å². The summed E-state index contributed by atoms with van der Waals surface area (Å²) < 4.78 is 0. The van der Waals surface area contributed by atoms with Crippen LogP contribution in [0, 0.1) is 23.7 Å². The molecule has 1 unspecified atom stereocenters. The molecule has 0 saturated heterocycles. The molecule has 0 aliphatic heterocycles. The molecule has 0 spiro atoms. The third kappa shape index (κ3) is 6.65. The Morgan fingerprint density at radius 3 is 2.29 bits per heavy atom. The zero-order chi connectivity index (χ0) is 15.7. The van der Waals surface area contributed by atoms with Crippen molar-refractivity contribution in [2.24, 2.45) is 11.8 Å². The van der Waals surface area contributed by atoms with Gasteiger partial charge < -0.3 is 0 Å². The van der Waals surface area contributed by atoms with Crippen LogP contribution in [-0.2, 0) is 0 Å². The Labute approximate surface area is 131 Å². The van der Waals surface area contributed by atoms with E-state index >= 15 is 0 Å². The lowest BCUT2D eigenvalue weighted by Gasteiger charge is -2.31. The van der Waals surface area contributed by atoms with E-state index in [4.69, 9.17) is 0 Å². The van der Waals surface area contributed by atoms with E-state index in [1.54, 1.807) is 0 Å². The highest BCUT2D eigenvalue weighted by Crippen LogP contribution is 2.13. The Bertz CT molecular complexity index is 474. The van der Waals surface area contributed by atoms with Crippen LogP contribution < -0.4 is 0 Å². The molecule has 1 atom stereocenters. The SMILES string of the molecule is C/C=C/CN(CC(C)C)C(C#Cc1ccccc1)C(C)C. The predicted molar refractivity (Wildman–Crippen MR) is 93.2 cm³/mol. The summed E-state index contributed by atoms with van der Waals surface area (Å²) in [6.07, 6.45) is 4.34. The zero-order valence-electron chi connectivity index (χ0n) is 14.1. The third-order valence-electron chi connectivity index (χ3n) is 3.34. The molecule has 0 N–H and O–H groups in total. The van der Waals surface area contributed by atoms with Gasteiger partial charge in [0.2, 0.25) is 0 Å². The Balaban J connectivity index is 2.93. The van der Waals surface area contributed by atoms with E-state index in [9.17, 15) is 0 Å². The van der Waals surface area contributed by atoms with Gasteiger partial charge in [-0.15, -0.1) is 0 Å². The molecular weight excluding hydrogens is 254 g/mol. The lowest BCUT2D eigenvalue weighted by molar-refractivity contribution is 0.195. The summed E-state index contributed by atoms with van der Waals surface area (Å²) in [5.41, 5.74) is 1.10. The van der Waals surface area contributed by atoms with Gasteiger partial charge in [-0.05, 0) is 30.9 Å². The summed E-state index contributed by atoms with van der Waals surface area (Å²) in [6, 6.07) is 10.6. The van der Waals surface area contributed by atoms with Crippen molar-refractivity contribution in [2.45, 2.75) is 40.7 Å². The van der Waals surface area contributed by atoms with Crippen molar-refractivity contribution in [3.63, 3.8) is 0 Å². The Morgan fingerprint density at radius 2 is 1.76 bits per heavy atom. The fraction of sp³-hybridized carbons (Fsp3) is 0.500. The summed E-state index contributed by atoms with van der Waals surface area (Å²) in [6.45, 7) is 13.2. The van der Waals surface area contributed by atoms with Gasteiger partial charge in [0.25, 0.3) is 0 Å². The first-order valence-corrected chi connectivity index (χ1v) is 7.96. The third-order valence-corrected chi connectivity index (χ3v) is 3.34. The monoisotopic (exact) mass is 283 g/mol. The minimum atomic E-state index is 0.295. The normalized spacial score (nSPS) is 13.0. The highest BCUT2D eigenvalue weighted by atomic mass is 15.1. The van der Waals surface area contributed by atoms with E-state index in [-0.39, 0.29) is 0 Å². The van der Waals surface area contributed by atoms with Crippen LogP contribution in [0.15, 0.2) is 42.5 Å². The predicted octanol–water partition coefficient (Wildman–Crippen LogP) is 4.60. The van der Waals surface area contributed by atoms with Gasteiger partial charge in [0.1, 0.15) is 0 Å². The lowest BCUT2D eigenvalue weighted by Crippen LogP contribution is -2.40. The van der Waals surface area contributed by atoms with Crippen molar-refractivity contribution in [3.8, 4) is 11.8 Å². The molecule has 114 valence electrons. The van der Waals surface area contributed by atoms with Gasteiger partial charge in [-0.2, -0.15) is 0 Å². The van der Waals surface area contributed by atoms with E-state index in [0.29, 0.717) is 17.9 Å². The second kappa shape index (κ2) is 9.42. The first kappa shape index (κ1) is 17.5. The van der Waals surface area contributed by atoms with Crippen LogP contribution in [0.2, 0.25) is 0 Å². The number of allylic oxidation sites excluding steroid dienone is 1. The Hall–Kier alpha value is -1.52. The average Bonchev–Trinajstić information content (AvgIpc) is 2.45. The molecular formula is C20H29N. The maximum absolute atomic E-state index is 3.49. The maximum Gasteiger partial charge on any atom is 0.0744 e. The van der Waals surface area contributed by atoms with Crippen LogP contribution in [0.1, 0.15) is 40.2 Å². The summed E-state index contributed by atoms with van der Waals surface area (Å²) in [7, 11) is 0. The molecule has 0 fully saturated rings. The van der Waals surface area contributed by atoms with Gasteiger partial charge >= 0.3 is 0 Å². The zero-order valence-corrected chi connectivity index (χ0v) is 14.1. The van der Waals surface area contributed by atoms with Crippen LogP contribution in [0.3, 0.4) is 0 Å². The van der Waals surface area contributed by atoms with Crippen LogP contribution in [0.25, 0.3) is 0 Å². The first-order chi connectivity index (χ1) is 10.0. The molecule has 0 aromatic heterocycles. The Kier molecular flexibility index (Phi) is 7.87. The van der Waals surface area contributed by atoms with Crippen LogP contribution >= 0.6 is 0 Å². The van der Waals surface area contributed by atoms with Gasteiger partial charge in [0.05, 0.1) is 6.04 Å². The standard InChI is InChI=1S/C20H29N/c1-6-7-15-21(16-17(2)3)20(18(4)5)14-13-19-11-9-8-10-12-19/h6-12,17-18,20H,15-16H2,1-5H3/b7-6+. The lowest BCUT2D eigenvalue weighted by atomic mass is 10.0. The van der Waals surface area contributed by atoms with Crippen LogP contribution in [0.4, 0.5) is 0 Å². The van der Waals surface area contributed by atoms with E-state index in [0.717, 1.165) is 18.7 Å². The second-order valence-corrected chi connectivity index (χ2v) is 6.24. The number of nitrogens with zero attached hydrogens (tertiary/aromatic N) is 1. The molecule has 0 aliphatic carbocycles. The average molecular weight is 283 g/mol. The van der Waals surface area contributed by atoms with Gasteiger partial charge in [0.15, 0.2) is 0 Å². The number of hydrogen-bond donors (Lipinski definition) is 0. The van der Waals surface area contributed by atoms with Crippen molar-refractivity contribution in [3.05, 3.63) is 48.0 Å². The first-order valence-electron chi connectivity index (χ1n) is 7.96. The summed E-state index contributed by atoms with van der Waals surface area (Å²) in [4.78, 5) is 2.49. The molecule has 0 bridgehead atoms. The van der Waals surface area contributed by atoms with Crippen LogP contribution in [-0.4, -0.2) is 24.0 Å². The van der Waals surface area contributed by atoms with Gasteiger partial charge in [0, 0.05) is 18.7 Å². The minimum absolute atomic E-state index is 0.295. The fourth-order valence-electron chi connectivity index (χ4n) is 2.37. The van der Waals surface area contributed by atoms with E-state index in [2.05, 4.69) is 75.6 Å². The van der Waals surface area contributed by atoms with Gasteiger partial charge in [-0.3, -0.25) is 4.90 Å². The molecule has 1 heteroatoms. The van der Waals surface area contributed by atoms with E-state index in [1.807, 2.05) is 18.2 Å². The van der Waals surface area contributed by atoms with Crippen molar-refractivity contribution >= 4 is 0 Å². The molecule has 21 heavy (non-hydrogen) atoms. The molecule has 0 heterocycles.